The van der Waals surface area contributed by atoms with Crippen LogP contribution in [0.2, 0.25) is 0 Å². The van der Waals surface area contributed by atoms with E-state index in [9.17, 15) is 44.7 Å². The number of hydrogen-bond donors (Lipinski definition) is 7. The first-order chi connectivity index (χ1) is 18.8. The third-order valence-corrected chi connectivity index (χ3v) is 8.49. The van der Waals surface area contributed by atoms with Crippen LogP contribution >= 0.6 is 11.3 Å². The van der Waals surface area contributed by atoms with E-state index in [1.165, 1.54) is 17.5 Å². The molecule has 0 spiro atoms. The number of rotatable bonds is 5. The molecule has 0 saturated carbocycles. The van der Waals surface area contributed by atoms with Crippen molar-refractivity contribution in [3.05, 3.63) is 57.0 Å². The fraction of sp³-hybridized carbons (Fsp3) is 0.346. The molecule has 210 valence electrons. The number of aliphatic hydroxyl groups excluding tert-OH is 3. The standard InChI is InChI=1S/C26H25N3O10S/c1-3-39-24(37)12-7-40-25(29-12)28-11-5-4-9-8(2)14-17(20(33)15(9)19(11)32)22(35)26(38)10(18(14)31)6-13(30)16(21(26)34)23(27)36/h4-5,7-8,10,14,18,30-32,35,38H,3,6H2,1-2H3,(H2,27,36)(H,28,29)/t8-,10+,14+,18+,26+/m0/s1. The summed E-state index contributed by atoms with van der Waals surface area (Å²) in [6.07, 6.45) is -2.17. The molecule has 1 aromatic carbocycles. The van der Waals surface area contributed by atoms with E-state index in [1.807, 2.05) is 0 Å². The van der Waals surface area contributed by atoms with Crippen molar-refractivity contribution in [2.45, 2.75) is 37.9 Å². The Kier molecular flexibility index (Phi) is 6.44. The first-order valence-corrected chi connectivity index (χ1v) is 13.1. The predicted molar refractivity (Wildman–Crippen MR) is 138 cm³/mol. The van der Waals surface area contributed by atoms with Crippen molar-refractivity contribution in [3.8, 4) is 5.75 Å². The molecule has 0 bridgehead atoms. The number of phenols is 1. The number of phenolic OH excluding ortho intramolecular Hbond substituents is 1. The summed E-state index contributed by atoms with van der Waals surface area (Å²) in [5.74, 6) is -10.0. The summed E-state index contributed by atoms with van der Waals surface area (Å²) >= 11 is 1.05. The monoisotopic (exact) mass is 571 g/mol. The van der Waals surface area contributed by atoms with E-state index in [-0.39, 0.29) is 28.7 Å². The fourth-order valence-electron chi connectivity index (χ4n) is 5.84. The summed E-state index contributed by atoms with van der Waals surface area (Å²) in [4.78, 5) is 54.8. The third-order valence-electron chi connectivity index (χ3n) is 7.73. The number of carbonyl (C=O) groups excluding carboxylic acids is 4. The number of nitrogens with zero attached hydrogens (tertiary/aromatic N) is 1. The molecule has 0 aliphatic heterocycles. The number of ketones is 2. The van der Waals surface area contributed by atoms with E-state index in [1.54, 1.807) is 13.8 Å². The number of esters is 1. The van der Waals surface area contributed by atoms with Gasteiger partial charge >= 0.3 is 5.97 Å². The van der Waals surface area contributed by atoms with Gasteiger partial charge in [-0.15, -0.1) is 11.3 Å². The Bertz CT molecular complexity index is 1560. The molecule has 40 heavy (non-hydrogen) atoms. The lowest BCUT2D eigenvalue weighted by atomic mass is 9.56. The number of thiazole rings is 1. The Morgan fingerprint density at radius 2 is 1.95 bits per heavy atom. The van der Waals surface area contributed by atoms with Crippen LogP contribution in [0.15, 0.2) is 40.2 Å². The number of carbonyl (C=O) groups is 4. The molecule has 14 heteroatoms. The van der Waals surface area contributed by atoms with Gasteiger partial charge in [-0.3, -0.25) is 14.4 Å². The van der Waals surface area contributed by atoms with Crippen molar-refractivity contribution in [2.75, 3.05) is 11.9 Å². The van der Waals surface area contributed by atoms with Crippen molar-refractivity contribution < 1.29 is 49.4 Å². The van der Waals surface area contributed by atoms with E-state index in [4.69, 9.17) is 10.5 Å². The lowest BCUT2D eigenvalue weighted by molar-refractivity contribution is -0.154. The fourth-order valence-corrected chi connectivity index (χ4v) is 6.53. The molecule has 0 saturated heterocycles. The van der Waals surface area contributed by atoms with Gasteiger partial charge < -0.3 is 41.3 Å². The molecule has 3 aliphatic rings. The molecule has 8 N–H and O–H groups in total. The van der Waals surface area contributed by atoms with Crippen molar-refractivity contribution in [3.63, 3.8) is 0 Å². The number of hydrogen-bond acceptors (Lipinski definition) is 13. The average Bonchev–Trinajstić information content (AvgIpc) is 3.36. The topological polar surface area (TPSA) is 230 Å². The summed E-state index contributed by atoms with van der Waals surface area (Å²) in [5, 5.41) is 59.8. The number of allylic oxidation sites excluding steroid dienone is 1. The van der Waals surface area contributed by atoms with Crippen molar-refractivity contribution in [1.82, 2.24) is 4.98 Å². The highest BCUT2D eigenvalue weighted by Crippen LogP contribution is 2.55. The van der Waals surface area contributed by atoms with Gasteiger partial charge in [0.25, 0.3) is 5.91 Å². The van der Waals surface area contributed by atoms with Gasteiger partial charge in [-0.1, -0.05) is 13.0 Å². The average molecular weight is 572 g/mol. The molecule has 1 amide bonds. The molecule has 1 heterocycles. The Hall–Kier alpha value is -4.27. The van der Waals surface area contributed by atoms with Gasteiger partial charge in [0, 0.05) is 29.2 Å². The molecule has 5 rings (SSSR count). The largest absolute Gasteiger partial charge is 0.511 e. The maximum Gasteiger partial charge on any atom is 0.357 e. The molecule has 0 unspecified atom stereocenters. The number of aromatic hydroxyl groups is 1. The zero-order valence-corrected chi connectivity index (χ0v) is 22.0. The summed E-state index contributed by atoms with van der Waals surface area (Å²) in [7, 11) is 0. The van der Waals surface area contributed by atoms with Crippen LogP contribution in [0, 0.1) is 11.8 Å². The van der Waals surface area contributed by atoms with Gasteiger partial charge in [0.05, 0.1) is 24.0 Å². The summed E-state index contributed by atoms with van der Waals surface area (Å²) in [6.45, 7) is 3.44. The molecular formula is C26H25N3O10S. The number of fused-ring (bicyclic) bond motifs is 3. The summed E-state index contributed by atoms with van der Waals surface area (Å²) in [5.41, 5.74) is 1.00. The number of primary amides is 1. The van der Waals surface area contributed by atoms with Gasteiger partial charge in [0.1, 0.15) is 17.1 Å². The van der Waals surface area contributed by atoms with Crippen molar-refractivity contribution in [1.29, 1.82) is 0 Å². The van der Waals surface area contributed by atoms with Crippen LogP contribution in [0.4, 0.5) is 10.8 Å². The molecule has 0 radical (unpaired) electrons. The SMILES string of the molecule is CCOC(=O)c1csc(Nc2ccc3c(c2O)C(=O)C2=C(O)[C@]4(O)C(=O)C(C(N)=O)=C(O)C[C@@H]4[C@@H](O)[C@@H]2[C@H]3C)n1. The van der Waals surface area contributed by atoms with Gasteiger partial charge in [-0.25, -0.2) is 9.78 Å². The van der Waals surface area contributed by atoms with E-state index in [0.29, 0.717) is 5.56 Å². The van der Waals surface area contributed by atoms with E-state index < -0.39 is 87.7 Å². The molecule has 5 atom stereocenters. The molecule has 2 aromatic rings. The zero-order chi connectivity index (χ0) is 29.3. The maximum absolute atomic E-state index is 13.8. The lowest BCUT2D eigenvalue weighted by Crippen LogP contribution is -2.62. The number of nitrogens with two attached hydrogens (primary N) is 1. The third kappa shape index (κ3) is 3.71. The summed E-state index contributed by atoms with van der Waals surface area (Å²) < 4.78 is 4.91. The quantitative estimate of drug-likeness (QED) is 0.154. The van der Waals surface area contributed by atoms with Crippen molar-refractivity contribution >= 4 is 45.6 Å². The number of benzene rings is 1. The van der Waals surface area contributed by atoms with Gasteiger partial charge in [-0.2, -0.15) is 0 Å². The second-order valence-corrected chi connectivity index (χ2v) is 10.7. The Labute approximate surface area is 230 Å². The number of nitrogens with one attached hydrogen (secondary N) is 1. The van der Waals surface area contributed by atoms with Gasteiger partial charge in [0.15, 0.2) is 28.0 Å². The van der Waals surface area contributed by atoms with Crippen LogP contribution < -0.4 is 11.1 Å². The highest BCUT2D eigenvalue weighted by Gasteiger charge is 2.64. The van der Waals surface area contributed by atoms with E-state index >= 15 is 0 Å². The number of amides is 1. The minimum Gasteiger partial charge on any atom is -0.511 e. The zero-order valence-electron chi connectivity index (χ0n) is 21.2. The van der Waals surface area contributed by atoms with Crippen LogP contribution in [0.3, 0.4) is 0 Å². The Morgan fingerprint density at radius 1 is 1.25 bits per heavy atom. The molecular weight excluding hydrogens is 546 g/mol. The van der Waals surface area contributed by atoms with Crippen LogP contribution in [-0.4, -0.2) is 72.3 Å². The van der Waals surface area contributed by atoms with Crippen molar-refractivity contribution in [2.24, 2.45) is 17.6 Å². The van der Waals surface area contributed by atoms with Gasteiger partial charge in [-0.05, 0) is 24.5 Å². The number of aliphatic hydroxyl groups is 4. The highest BCUT2D eigenvalue weighted by atomic mass is 32.1. The van der Waals surface area contributed by atoms with E-state index in [2.05, 4.69) is 10.3 Å². The molecule has 1 aromatic heterocycles. The maximum atomic E-state index is 13.8. The van der Waals surface area contributed by atoms with Crippen LogP contribution in [0.1, 0.15) is 52.6 Å². The van der Waals surface area contributed by atoms with Crippen LogP contribution in [-0.2, 0) is 14.3 Å². The van der Waals surface area contributed by atoms with E-state index in [0.717, 1.165) is 11.3 Å². The predicted octanol–water partition coefficient (Wildman–Crippen LogP) is 1.49. The minimum atomic E-state index is -2.91. The van der Waals surface area contributed by atoms with Gasteiger partial charge in [0.2, 0.25) is 5.78 Å². The summed E-state index contributed by atoms with van der Waals surface area (Å²) in [6, 6.07) is 3.01. The number of aromatic nitrogens is 1. The number of Topliss-reactive ketones (excluding diaryl/α,β-unsaturated/α-hetero) is 2. The number of ether oxygens (including phenoxy) is 1. The Morgan fingerprint density at radius 3 is 2.60 bits per heavy atom. The highest BCUT2D eigenvalue weighted by molar-refractivity contribution is 7.14. The molecule has 3 aliphatic carbocycles. The Balaban J connectivity index is 1.59. The second kappa shape index (κ2) is 9.43. The smallest absolute Gasteiger partial charge is 0.357 e. The van der Waals surface area contributed by atoms with Crippen LogP contribution in [0.25, 0.3) is 0 Å². The normalized spacial score (nSPS) is 27.6. The lowest BCUT2D eigenvalue weighted by Gasteiger charge is -2.50. The molecule has 13 nitrogen and oxygen atoms in total. The first-order valence-electron chi connectivity index (χ1n) is 12.2. The van der Waals surface area contributed by atoms with Crippen LogP contribution in [0.5, 0.6) is 5.75 Å². The second-order valence-electron chi connectivity index (χ2n) is 9.80. The molecule has 0 fully saturated rings. The minimum absolute atomic E-state index is 0.0353. The number of anilines is 2. The first kappa shape index (κ1) is 27.3.